The zero-order valence-corrected chi connectivity index (χ0v) is 27.8. The highest BCUT2D eigenvalue weighted by molar-refractivity contribution is 8.04. The van der Waals surface area contributed by atoms with Gasteiger partial charge in [0.1, 0.15) is 18.8 Å². The van der Waals surface area contributed by atoms with Crippen molar-refractivity contribution in [3.05, 3.63) is 29.3 Å². The summed E-state index contributed by atoms with van der Waals surface area (Å²) in [6.45, 7) is 8.93. The van der Waals surface area contributed by atoms with Crippen LogP contribution >= 0.6 is 23.5 Å². The van der Waals surface area contributed by atoms with Crippen LogP contribution in [0.3, 0.4) is 0 Å². The molecule has 0 aliphatic carbocycles. The predicted octanol–water partition coefficient (Wildman–Crippen LogP) is 2.26. The summed E-state index contributed by atoms with van der Waals surface area (Å²) < 4.78 is 33.7. The van der Waals surface area contributed by atoms with Gasteiger partial charge < -0.3 is 33.7 Å². The zero-order chi connectivity index (χ0) is 33.4. The first kappa shape index (κ1) is 36.9. The Morgan fingerprint density at radius 1 is 0.955 bits per heavy atom. The van der Waals surface area contributed by atoms with E-state index in [4.69, 9.17) is 28.4 Å². The molecule has 1 saturated heterocycles. The van der Waals surface area contributed by atoms with Crippen LogP contribution in [0.4, 0.5) is 0 Å². The van der Waals surface area contributed by atoms with E-state index in [1.807, 2.05) is 32.0 Å². The Bertz CT molecular complexity index is 1260. The molecule has 0 spiro atoms. The number of thioether (sulfide) groups is 2. The molecule has 1 aromatic carbocycles. The molecule has 244 valence electrons. The largest absolute Gasteiger partial charge is 0.466 e. The van der Waals surface area contributed by atoms with Crippen LogP contribution in [0, 0.1) is 13.8 Å². The van der Waals surface area contributed by atoms with E-state index < -0.39 is 83.0 Å². The Kier molecular flexibility index (Phi) is 13.5. The Labute approximate surface area is 264 Å². The fraction of sp³-hybridized carbons (Fsp3) is 0.586. The lowest BCUT2D eigenvalue weighted by Gasteiger charge is -2.52. The maximum absolute atomic E-state index is 13.7. The maximum atomic E-state index is 13.7. The molecule has 0 radical (unpaired) electrons. The van der Waals surface area contributed by atoms with Crippen molar-refractivity contribution >= 4 is 59.3 Å². The highest BCUT2D eigenvalue weighted by atomic mass is 32.2. The van der Waals surface area contributed by atoms with Gasteiger partial charge in [0.2, 0.25) is 10.8 Å². The molecule has 0 unspecified atom stereocenters. The number of amides is 1. The Balaban J connectivity index is 2.90. The summed E-state index contributed by atoms with van der Waals surface area (Å²) in [6, 6.07) is 4.39. The molecule has 0 aromatic heterocycles. The van der Waals surface area contributed by atoms with Gasteiger partial charge in [-0.05, 0) is 31.7 Å². The summed E-state index contributed by atoms with van der Waals surface area (Å²) in [6.07, 6.45) is -4.25. The Morgan fingerprint density at radius 2 is 1.59 bits per heavy atom. The van der Waals surface area contributed by atoms with Crippen LogP contribution in [0.5, 0.6) is 0 Å². The van der Waals surface area contributed by atoms with Gasteiger partial charge in [0, 0.05) is 39.5 Å². The first-order valence-electron chi connectivity index (χ1n) is 13.5. The van der Waals surface area contributed by atoms with Gasteiger partial charge in [-0.1, -0.05) is 17.7 Å². The first-order chi connectivity index (χ1) is 20.6. The number of aryl methyl sites for hydroxylation is 2. The molecule has 1 heterocycles. The van der Waals surface area contributed by atoms with Gasteiger partial charge in [0.15, 0.2) is 12.2 Å². The number of rotatable bonds is 12. The van der Waals surface area contributed by atoms with Crippen molar-refractivity contribution in [3.63, 3.8) is 0 Å². The van der Waals surface area contributed by atoms with Crippen molar-refractivity contribution in [2.45, 2.75) is 94.0 Å². The van der Waals surface area contributed by atoms with Gasteiger partial charge in [-0.3, -0.25) is 24.0 Å². The molecule has 0 saturated carbocycles. The number of hydrogen-bond donors (Lipinski definition) is 1. The summed E-state index contributed by atoms with van der Waals surface area (Å²) in [7, 11) is 1.16. The lowest BCUT2D eigenvalue weighted by Crippen LogP contribution is -2.73. The second-order valence-electron chi connectivity index (χ2n) is 10.1. The molecule has 0 bridgehead atoms. The van der Waals surface area contributed by atoms with Gasteiger partial charge in [-0.25, -0.2) is 4.79 Å². The molecule has 15 heteroatoms. The molecule has 1 fully saturated rings. The number of benzene rings is 1. The van der Waals surface area contributed by atoms with Crippen LogP contribution in [0.25, 0.3) is 0 Å². The van der Waals surface area contributed by atoms with Crippen LogP contribution < -0.4 is 5.32 Å². The average Bonchev–Trinajstić information content (AvgIpc) is 2.91. The summed E-state index contributed by atoms with van der Waals surface area (Å²) in [5.74, 6) is -4.54. The minimum Gasteiger partial charge on any atom is -0.466 e. The Morgan fingerprint density at radius 3 is 2.07 bits per heavy atom. The van der Waals surface area contributed by atoms with Crippen LogP contribution in [0.2, 0.25) is 0 Å². The summed E-state index contributed by atoms with van der Waals surface area (Å²) in [4.78, 5) is 73.9. The topological polar surface area (TPSA) is 170 Å². The minimum absolute atomic E-state index is 0.566. The average molecular weight is 658 g/mol. The third-order valence-corrected chi connectivity index (χ3v) is 9.32. The second kappa shape index (κ2) is 16.1. The van der Waals surface area contributed by atoms with E-state index in [9.17, 15) is 28.8 Å². The van der Waals surface area contributed by atoms with Crippen molar-refractivity contribution in [2.75, 3.05) is 20.0 Å². The van der Waals surface area contributed by atoms with Crippen LogP contribution in [0.1, 0.15) is 45.7 Å². The van der Waals surface area contributed by atoms with E-state index >= 15 is 0 Å². The molecule has 44 heavy (non-hydrogen) atoms. The van der Waals surface area contributed by atoms with Gasteiger partial charge in [-0.15, -0.1) is 23.5 Å². The molecule has 2 rings (SSSR count). The SMILES string of the molecule is COC(=O)[C@]1(SC)O[C@@H]([C@H](OC(C)=O)[C@@H](COC(C)=O)OC(C)=O)[C@H](NC(C)=O)[C@@H](OC(C)=O)[C@@H]1Sc1ccc(C)cc1C. The number of esters is 5. The summed E-state index contributed by atoms with van der Waals surface area (Å²) in [5.41, 5.74) is 1.86. The molecule has 13 nitrogen and oxygen atoms in total. The highest BCUT2D eigenvalue weighted by Gasteiger charge is 2.64. The normalized spacial score (nSPS) is 24.2. The van der Waals surface area contributed by atoms with Crippen molar-refractivity contribution in [3.8, 4) is 0 Å². The lowest BCUT2D eigenvalue weighted by molar-refractivity contribution is -0.222. The van der Waals surface area contributed by atoms with E-state index in [1.165, 1.54) is 25.6 Å². The first-order valence-corrected chi connectivity index (χ1v) is 15.6. The molecule has 1 aromatic rings. The zero-order valence-electron chi connectivity index (χ0n) is 26.1. The van der Waals surface area contributed by atoms with E-state index in [2.05, 4.69) is 5.32 Å². The molecular weight excluding hydrogens is 618 g/mol. The monoisotopic (exact) mass is 657 g/mol. The number of nitrogens with one attached hydrogen (secondary N) is 1. The maximum Gasteiger partial charge on any atom is 0.350 e. The van der Waals surface area contributed by atoms with E-state index in [1.54, 1.807) is 6.26 Å². The second-order valence-corrected chi connectivity index (χ2v) is 12.3. The standard InChI is InChI=1S/C29H39NO12S2/c1-14-10-11-22(15(2)12-14)44-27-26(41-20(7)35)23(30-16(3)31)25(42-29(27,43-9)28(36)37-8)24(40-19(6)34)21(39-18(5)33)13-38-17(4)32/h10-12,21,23-27H,13H2,1-9H3,(H,30,31)/t21-,23+,24-,25-,26-,27+,29+/m1/s1. The van der Waals surface area contributed by atoms with E-state index in [-0.39, 0.29) is 0 Å². The van der Waals surface area contributed by atoms with Crippen LogP contribution in [0.15, 0.2) is 23.1 Å². The van der Waals surface area contributed by atoms with Gasteiger partial charge in [0.05, 0.1) is 18.4 Å². The quantitative estimate of drug-likeness (QED) is 0.256. The predicted molar refractivity (Wildman–Crippen MR) is 160 cm³/mol. The van der Waals surface area contributed by atoms with E-state index in [0.717, 1.165) is 55.7 Å². The number of ether oxygens (including phenoxy) is 6. The summed E-state index contributed by atoms with van der Waals surface area (Å²) >= 11 is 2.12. The number of methoxy groups -OCH3 is 1. The van der Waals surface area contributed by atoms with Gasteiger partial charge in [-0.2, -0.15) is 0 Å². The molecule has 1 N–H and O–H groups in total. The Hall–Kier alpha value is -3.30. The smallest absolute Gasteiger partial charge is 0.350 e. The molecular formula is C29H39NO12S2. The number of carbonyl (C=O) groups excluding carboxylic acids is 6. The van der Waals surface area contributed by atoms with Crippen molar-refractivity contribution < 1.29 is 57.2 Å². The fourth-order valence-electron chi connectivity index (χ4n) is 4.85. The molecule has 1 amide bonds. The van der Waals surface area contributed by atoms with Crippen molar-refractivity contribution in [2.24, 2.45) is 0 Å². The van der Waals surface area contributed by atoms with E-state index in [0.29, 0.717) is 0 Å². The van der Waals surface area contributed by atoms with Crippen molar-refractivity contribution in [1.29, 1.82) is 0 Å². The highest BCUT2D eigenvalue weighted by Crippen LogP contribution is 2.49. The summed E-state index contributed by atoms with van der Waals surface area (Å²) in [5, 5.41) is 1.68. The molecule has 7 atom stereocenters. The molecule has 1 aliphatic rings. The minimum atomic E-state index is -1.93. The third kappa shape index (κ3) is 9.35. The lowest BCUT2D eigenvalue weighted by atomic mass is 9.88. The number of carbonyl (C=O) groups is 6. The molecule has 1 aliphatic heterocycles. The van der Waals surface area contributed by atoms with Crippen LogP contribution in [-0.4, -0.2) is 96.4 Å². The van der Waals surface area contributed by atoms with Crippen molar-refractivity contribution in [1.82, 2.24) is 5.32 Å². The van der Waals surface area contributed by atoms with Gasteiger partial charge in [0.25, 0.3) is 0 Å². The fourth-order valence-corrected chi connectivity index (χ4v) is 7.44. The third-order valence-electron chi connectivity index (χ3n) is 6.48. The van der Waals surface area contributed by atoms with Gasteiger partial charge >= 0.3 is 29.8 Å². The number of hydrogen-bond acceptors (Lipinski definition) is 14. The van der Waals surface area contributed by atoms with Crippen LogP contribution in [-0.2, 0) is 57.2 Å².